The smallest absolute Gasteiger partial charge is 0.118 e. The van der Waals surface area contributed by atoms with Gasteiger partial charge in [0.15, 0.2) is 0 Å². The van der Waals surface area contributed by atoms with Crippen LogP contribution in [0.4, 0.5) is 0 Å². The van der Waals surface area contributed by atoms with Crippen LogP contribution in [0.1, 0.15) is 5.56 Å². The number of pyridine rings is 1. The number of thioether (sulfide) groups is 1. The highest BCUT2D eigenvalue weighted by atomic mass is 79.9. The van der Waals surface area contributed by atoms with Crippen molar-refractivity contribution < 1.29 is 4.74 Å². The van der Waals surface area contributed by atoms with E-state index in [1.165, 1.54) is 5.56 Å². The highest BCUT2D eigenvalue weighted by Gasteiger charge is 1.99. The molecule has 4 heteroatoms. The highest BCUT2D eigenvalue weighted by molar-refractivity contribution is 9.10. The number of hydrogen-bond acceptors (Lipinski definition) is 3. The lowest BCUT2D eigenvalue weighted by Crippen LogP contribution is -1.85. The molecule has 0 unspecified atom stereocenters. The van der Waals surface area contributed by atoms with E-state index >= 15 is 0 Å². The number of benzene rings is 1. The molecule has 1 aromatic heterocycles. The van der Waals surface area contributed by atoms with Crippen molar-refractivity contribution in [1.29, 1.82) is 0 Å². The molecule has 1 aromatic carbocycles. The molecule has 0 aliphatic carbocycles. The fraction of sp³-hybridized carbons (Fsp3) is 0.154. The van der Waals surface area contributed by atoms with Gasteiger partial charge in [-0.05, 0) is 45.8 Å². The molecule has 2 rings (SSSR count). The molecule has 88 valence electrons. The van der Waals surface area contributed by atoms with Gasteiger partial charge in [0.05, 0.1) is 12.1 Å². The van der Waals surface area contributed by atoms with Gasteiger partial charge in [-0.15, -0.1) is 11.8 Å². The van der Waals surface area contributed by atoms with E-state index in [4.69, 9.17) is 4.74 Å². The standard InChI is InChI=1S/C13H12BrNOS/c1-16-11-7-5-10(6-8-11)9-17-13-4-2-3-12(14)15-13/h2-8H,9H2,1H3. The summed E-state index contributed by atoms with van der Waals surface area (Å²) in [5.74, 6) is 1.80. The van der Waals surface area contributed by atoms with E-state index < -0.39 is 0 Å². The molecule has 0 aliphatic rings. The van der Waals surface area contributed by atoms with Crippen LogP contribution in [0.15, 0.2) is 52.1 Å². The van der Waals surface area contributed by atoms with Crippen LogP contribution in [0.5, 0.6) is 5.75 Å². The lowest BCUT2D eigenvalue weighted by molar-refractivity contribution is 0.414. The monoisotopic (exact) mass is 309 g/mol. The second-order valence-corrected chi connectivity index (χ2v) is 5.24. The molecule has 0 spiro atoms. The van der Waals surface area contributed by atoms with Crippen molar-refractivity contribution in [2.75, 3.05) is 7.11 Å². The minimum absolute atomic E-state index is 0.872. The van der Waals surface area contributed by atoms with Gasteiger partial charge in [-0.3, -0.25) is 0 Å². The average molecular weight is 310 g/mol. The van der Waals surface area contributed by atoms with Crippen LogP contribution in [0.3, 0.4) is 0 Å². The molecule has 0 bridgehead atoms. The summed E-state index contributed by atoms with van der Waals surface area (Å²) in [4.78, 5) is 4.38. The molecule has 17 heavy (non-hydrogen) atoms. The van der Waals surface area contributed by atoms with Crippen molar-refractivity contribution in [2.24, 2.45) is 0 Å². The normalized spacial score (nSPS) is 10.2. The summed E-state index contributed by atoms with van der Waals surface area (Å²) in [6.07, 6.45) is 0. The van der Waals surface area contributed by atoms with Crippen LogP contribution in [0, 0.1) is 0 Å². The van der Waals surface area contributed by atoms with Crippen LogP contribution in [-0.2, 0) is 5.75 Å². The van der Waals surface area contributed by atoms with Gasteiger partial charge in [-0.1, -0.05) is 18.2 Å². The van der Waals surface area contributed by atoms with Gasteiger partial charge in [0.2, 0.25) is 0 Å². The Kier molecular flexibility index (Phi) is 4.45. The Labute approximate surface area is 114 Å². The Morgan fingerprint density at radius 2 is 1.94 bits per heavy atom. The lowest BCUT2D eigenvalue weighted by Gasteiger charge is -2.03. The summed E-state index contributed by atoms with van der Waals surface area (Å²) in [5.41, 5.74) is 1.26. The predicted octanol–water partition coefficient (Wildman–Crippen LogP) is 4.15. The van der Waals surface area contributed by atoms with Gasteiger partial charge in [0, 0.05) is 5.75 Å². The molecule has 0 radical (unpaired) electrons. The lowest BCUT2D eigenvalue weighted by atomic mass is 10.2. The fourth-order valence-electron chi connectivity index (χ4n) is 1.35. The minimum Gasteiger partial charge on any atom is -0.497 e. The van der Waals surface area contributed by atoms with E-state index in [0.29, 0.717) is 0 Å². The van der Waals surface area contributed by atoms with E-state index in [-0.39, 0.29) is 0 Å². The van der Waals surface area contributed by atoms with Gasteiger partial charge in [-0.25, -0.2) is 4.98 Å². The predicted molar refractivity (Wildman–Crippen MR) is 74.5 cm³/mol. The molecule has 2 nitrogen and oxygen atoms in total. The van der Waals surface area contributed by atoms with Crippen LogP contribution < -0.4 is 4.74 Å². The van der Waals surface area contributed by atoms with Crippen molar-refractivity contribution in [3.8, 4) is 5.75 Å². The Balaban J connectivity index is 1.97. The number of hydrogen-bond donors (Lipinski definition) is 0. The molecule has 0 fully saturated rings. The Morgan fingerprint density at radius 3 is 2.59 bits per heavy atom. The second kappa shape index (κ2) is 6.07. The largest absolute Gasteiger partial charge is 0.497 e. The zero-order chi connectivity index (χ0) is 12.1. The van der Waals surface area contributed by atoms with Crippen LogP contribution in [0.2, 0.25) is 0 Å². The minimum atomic E-state index is 0.872. The van der Waals surface area contributed by atoms with Crippen LogP contribution in [0.25, 0.3) is 0 Å². The summed E-state index contributed by atoms with van der Waals surface area (Å²) >= 11 is 5.09. The summed E-state index contributed by atoms with van der Waals surface area (Å²) in [7, 11) is 1.68. The zero-order valence-corrected chi connectivity index (χ0v) is 11.8. The maximum Gasteiger partial charge on any atom is 0.118 e. The molecule has 1 heterocycles. The van der Waals surface area contributed by atoms with E-state index in [0.717, 1.165) is 21.1 Å². The average Bonchev–Trinajstić information content (AvgIpc) is 2.37. The topological polar surface area (TPSA) is 22.1 Å². The third kappa shape index (κ3) is 3.75. The number of methoxy groups -OCH3 is 1. The van der Waals surface area contributed by atoms with Crippen molar-refractivity contribution in [3.05, 3.63) is 52.6 Å². The first-order valence-corrected chi connectivity index (χ1v) is 6.94. The Hall–Kier alpha value is -1.00. The van der Waals surface area contributed by atoms with E-state index in [1.807, 2.05) is 30.3 Å². The van der Waals surface area contributed by atoms with Crippen molar-refractivity contribution in [1.82, 2.24) is 4.98 Å². The van der Waals surface area contributed by atoms with E-state index in [9.17, 15) is 0 Å². The Bertz CT molecular complexity index is 487. The third-order valence-corrected chi connectivity index (χ3v) is 3.68. The maximum absolute atomic E-state index is 5.12. The van der Waals surface area contributed by atoms with Crippen molar-refractivity contribution >= 4 is 27.7 Å². The number of aromatic nitrogens is 1. The van der Waals surface area contributed by atoms with Crippen molar-refractivity contribution in [2.45, 2.75) is 10.8 Å². The number of ether oxygens (including phenoxy) is 1. The fourth-order valence-corrected chi connectivity index (χ4v) is 2.65. The molecule has 2 aromatic rings. The summed E-state index contributed by atoms with van der Waals surface area (Å²) in [6, 6.07) is 14.0. The molecule has 0 aliphatic heterocycles. The first-order chi connectivity index (χ1) is 8.28. The van der Waals surface area contributed by atoms with Gasteiger partial charge >= 0.3 is 0 Å². The first-order valence-electron chi connectivity index (χ1n) is 5.16. The second-order valence-electron chi connectivity index (χ2n) is 3.44. The summed E-state index contributed by atoms with van der Waals surface area (Å²) in [5, 5.41) is 1.02. The zero-order valence-electron chi connectivity index (χ0n) is 9.39. The van der Waals surface area contributed by atoms with Gasteiger partial charge in [0.1, 0.15) is 10.4 Å². The molecular formula is C13H12BrNOS. The van der Waals surface area contributed by atoms with Gasteiger partial charge in [0.25, 0.3) is 0 Å². The molecular weight excluding hydrogens is 298 g/mol. The SMILES string of the molecule is COc1ccc(CSc2cccc(Br)n2)cc1. The summed E-state index contributed by atoms with van der Waals surface area (Å²) in [6.45, 7) is 0. The number of halogens is 1. The highest BCUT2D eigenvalue weighted by Crippen LogP contribution is 2.23. The Morgan fingerprint density at radius 1 is 1.18 bits per heavy atom. The van der Waals surface area contributed by atoms with Gasteiger partial charge < -0.3 is 4.74 Å². The van der Waals surface area contributed by atoms with Gasteiger partial charge in [-0.2, -0.15) is 0 Å². The summed E-state index contributed by atoms with van der Waals surface area (Å²) < 4.78 is 5.99. The van der Waals surface area contributed by atoms with Crippen molar-refractivity contribution in [3.63, 3.8) is 0 Å². The quantitative estimate of drug-likeness (QED) is 0.626. The maximum atomic E-state index is 5.12. The molecule has 0 atom stereocenters. The van der Waals surface area contributed by atoms with Crippen LogP contribution in [-0.4, -0.2) is 12.1 Å². The molecule has 0 amide bonds. The first kappa shape index (κ1) is 12.5. The van der Waals surface area contributed by atoms with Crippen LogP contribution >= 0.6 is 27.7 Å². The number of rotatable bonds is 4. The molecule has 0 saturated heterocycles. The van der Waals surface area contributed by atoms with E-state index in [1.54, 1.807) is 18.9 Å². The third-order valence-electron chi connectivity index (χ3n) is 2.24. The van der Waals surface area contributed by atoms with E-state index in [2.05, 4.69) is 33.0 Å². The molecule has 0 N–H and O–H groups in total. The molecule has 0 saturated carbocycles. The number of nitrogens with zero attached hydrogens (tertiary/aromatic N) is 1.